The maximum Gasteiger partial charge on any atom is 0.0393 e. The van der Waals surface area contributed by atoms with Crippen molar-refractivity contribution >= 4 is 5.69 Å². The average Bonchev–Trinajstić information content (AvgIpc) is 2.34. The van der Waals surface area contributed by atoms with Gasteiger partial charge in [0.25, 0.3) is 0 Å². The third-order valence-corrected chi connectivity index (χ3v) is 3.40. The van der Waals surface area contributed by atoms with Crippen LogP contribution >= 0.6 is 0 Å². The van der Waals surface area contributed by atoms with Crippen molar-refractivity contribution in [3.8, 4) is 0 Å². The first-order valence-corrected chi connectivity index (χ1v) is 6.59. The van der Waals surface area contributed by atoms with Crippen LogP contribution in [0.2, 0.25) is 0 Å². The number of hydrogen-bond acceptors (Lipinski definition) is 2. The van der Waals surface area contributed by atoms with Gasteiger partial charge in [0.05, 0.1) is 0 Å². The predicted molar refractivity (Wildman–Crippen MR) is 76.8 cm³/mol. The number of para-hydroxylation sites is 1. The zero-order chi connectivity index (χ0) is 12.7. The van der Waals surface area contributed by atoms with E-state index in [1.165, 1.54) is 30.5 Å². The molecule has 0 amide bonds. The Bertz CT molecular complexity index is 322. The van der Waals surface area contributed by atoms with E-state index in [1.807, 2.05) is 7.05 Å². The summed E-state index contributed by atoms with van der Waals surface area (Å²) in [5, 5.41) is 3.28. The quantitative estimate of drug-likeness (QED) is 0.729. The Morgan fingerprint density at radius 2 is 1.94 bits per heavy atom. The second-order valence-corrected chi connectivity index (χ2v) is 4.89. The van der Waals surface area contributed by atoms with Crippen LogP contribution in [-0.2, 0) is 0 Å². The molecule has 0 aromatic heterocycles. The van der Waals surface area contributed by atoms with Gasteiger partial charge in [-0.2, -0.15) is 0 Å². The SMILES string of the molecule is CNC(C)CCCCN(C)c1ccccc1C. The topological polar surface area (TPSA) is 15.3 Å². The highest BCUT2D eigenvalue weighted by molar-refractivity contribution is 5.52. The number of aryl methyl sites for hydroxylation is 1. The van der Waals surface area contributed by atoms with Gasteiger partial charge in [0.15, 0.2) is 0 Å². The van der Waals surface area contributed by atoms with Gasteiger partial charge in [-0.15, -0.1) is 0 Å². The molecule has 0 saturated carbocycles. The fourth-order valence-corrected chi connectivity index (χ4v) is 2.06. The van der Waals surface area contributed by atoms with Crippen molar-refractivity contribution < 1.29 is 0 Å². The molecule has 2 heteroatoms. The van der Waals surface area contributed by atoms with E-state index in [0.717, 1.165) is 6.54 Å². The zero-order valence-corrected chi connectivity index (χ0v) is 11.7. The Balaban J connectivity index is 2.30. The van der Waals surface area contributed by atoms with Crippen LogP contribution in [0.4, 0.5) is 5.69 Å². The third kappa shape index (κ3) is 4.78. The maximum absolute atomic E-state index is 3.28. The first-order valence-electron chi connectivity index (χ1n) is 6.59. The molecular formula is C15H26N2. The van der Waals surface area contributed by atoms with Gasteiger partial charge in [-0.1, -0.05) is 24.6 Å². The van der Waals surface area contributed by atoms with E-state index in [0.29, 0.717) is 6.04 Å². The Morgan fingerprint density at radius 3 is 2.59 bits per heavy atom. The number of nitrogens with zero attached hydrogens (tertiary/aromatic N) is 1. The summed E-state index contributed by atoms with van der Waals surface area (Å²) in [7, 11) is 4.22. The fourth-order valence-electron chi connectivity index (χ4n) is 2.06. The van der Waals surface area contributed by atoms with Crippen molar-refractivity contribution in [2.45, 2.75) is 39.2 Å². The lowest BCUT2D eigenvalue weighted by atomic mass is 10.1. The normalized spacial score (nSPS) is 12.5. The minimum atomic E-state index is 0.638. The fraction of sp³-hybridized carbons (Fsp3) is 0.600. The Kier molecular flexibility index (Phi) is 6.06. The number of anilines is 1. The van der Waals surface area contributed by atoms with Crippen molar-refractivity contribution in [1.29, 1.82) is 0 Å². The molecule has 0 fully saturated rings. The first-order chi connectivity index (χ1) is 8.15. The summed E-state index contributed by atoms with van der Waals surface area (Å²) in [5.74, 6) is 0. The Labute approximate surface area is 106 Å². The molecule has 1 aromatic carbocycles. The molecule has 0 spiro atoms. The van der Waals surface area contributed by atoms with Crippen molar-refractivity contribution in [1.82, 2.24) is 5.32 Å². The van der Waals surface area contributed by atoms with E-state index in [1.54, 1.807) is 0 Å². The zero-order valence-electron chi connectivity index (χ0n) is 11.7. The highest BCUT2D eigenvalue weighted by Gasteiger charge is 2.03. The molecule has 0 aliphatic carbocycles. The molecule has 0 saturated heterocycles. The van der Waals surface area contributed by atoms with Gasteiger partial charge in [0.1, 0.15) is 0 Å². The molecule has 96 valence electrons. The van der Waals surface area contributed by atoms with Crippen molar-refractivity contribution in [2.24, 2.45) is 0 Å². The predicted octanol–water partition coefficient (Wildman–Crippen LogP) is 3.21. The molecule has 0 radical (unpaired) electrons. The first kappa shape index (κ1) is 14.0. The largest absolute Gasteiger partial charge is 0.374 e. The van der Waals surface area contributed by atoms with E-state index in [2.05, 4.69) is 55.4 Å². The highest BCUT2D eigenvalue weighted by atomic mass is 15.1. The van der Waals surface area contributed by atoms with Crippen LogP contribution in [0.3, 0.4) is 0 Å². The van der Waals surface area contributed by atoms with Gasteiger partial charge < -0.3 is 10.2 Å². The molecule has 0 heterocycles. The van der Waals surface area contributed by atoms with E-state index < -0.39 is 0 Å². The van der Waals surface area contributed by atoms with Gasteiger partial charge >= 0.3 is 0 Å². The van der Waals surface area contributed by atoms with Crippen molar-refractivity contribution in [2.75, 3.05) is 25.5 Å². The molecule has 0 aliphatic heterocycles. The molecule has 0 aliphatic rings. The number of hydrogen-bond donors (Lipinski definition) is 1. The van der Waals surface area contributed by atoms with Crippen LogP contribution in [0.1, 0.15) is 31.7 Å². The smallest absolute Gasteiger partial charge is 0.0393 e. The van der Waals surface area contributed by atoms with Crippen molar-refractivity contribution in [3.05, 3.63) is 29.8 Å². The van der Waals surface area contributed by atoms with E-state index in [-0.39, 0.29) is 0 Å². The summed E-state index contributed by atoms with van der Waals surface area (Å²) in [4.78, 5) is 2.36. The van der Waals surface area contributed by atoms with Crippen LogP contribution in [0, 0.1) is 6.92 Å². The minimum Gasteiger partial charge on any atom is -0.374 e. The average molecular weight is 234 g/mol. The van der Waals surface area contributed by atoms with Gasteiger partial charge in [-0.3, -0.25) is 0 Å². The number of nitrogens with one attached hydrogen (secondary N) is 1. The number of rotatable bonds is 7. The van der Waals surface area contributed by atoms with Crippen LogP contribution < -0.4 is 10.2 Å². The monoisotopic (exact) mass is 234 g/mol. The molecule has 0 bridgehead atoms. The summed E-state index contributed by atoms with van der Waals surface area (Å²) in [6, 6.07) is 9.22. The van der Waals surface area contributed by atoms with Gasteiger partial charge in [-0.05, 0) is 45.4 Å². The standard InChI is InChI=1S/C15H26N2/c1-13-9-5-6-11-15(13)17(4)12-8-7-10-14(2)16-3/h5-6,9,11,14,16H,7-8,10,12H2,1-4H3. The molecule has 17 heavy (non-hydrogen) atoms. The third-order valence-electron chi connectivity index (χ3n) is 3.40. The Hall–Kier alpha value is -1.02. The van der Waals surface area contributed by atoms with E-state index >= 15 is 0 Å². The van der Waals surface area contributed by atoms with Crippen LogP contribution in [0.15, 0.2) is 24.3 Å². The molecule has 1 rings (SSSR count). The lowest BCUT2D eigenvalue weighted by Crippen LogP contribution is -2.22. The van der Waals surface area contributed by atoms with E-state index in [9.17, 15) is 0 Å². The second-order valence-electron chi connectivity index (χ2n) is 4.89. The summed E-state index contributed by atoms with van der Waals surface area (Å²) in [6.07, 6.45) is 3.81. The molecule has 1 N–H and O–H groups in total. The molecule has 1 unspecified atom stereocenters. The second kappa shape index (κ2) is 7.33. The van der Waals surface area contributed by atoms with Crippen LogP contribution in [0.5, 0.6) is 0 Å². The highest BCUT2D eigenvalue weighted by Crippen LogP contribution is 2.18. The van der Waals surface area contributed by atoms with Crippen molar-refractivity contribution in [3.63, 3.8) is 0 Å². The summed E-state index contributed by atoms with van der Waals surface area (Å²) >= 11 is 0. The van der Waals surface area contributed by atoms with Crippen LogP contribution in [-0.4, -0.2) is 26.7 Å². The molecular weight excluding hydrogens is 208 g/mol. The lowest BCUT2D eigenvalue weighted by molar-refractivity contribution is 0.528. The molecule has 1 atom stereocenters. The van der Waals surface area contributed by atoms with Gasteiger partial charge in [-0.25, -0.2) is 0 Å². The van der Waals surface area contributed by atoms with Gasteiger partial charge in [0.2, 0.25) is 0 Å². The summed E-state index contributed by atoms with van der Waals surface area (Å²) in [5.41, 5.74) is 2.72. The summed E-state index contributed by atoms with van der Waals surface area (Å²) in [6.45, 7) is 5.56. The molecule has 1 aromatic rings. The van der Waals surface area contributed by atoms with Gasteiger partial charge in [0, 0.05) is 25.3 Å². The Morgan fingerprint density at radius 1 is 1.24 bits per heavy atom. The summed E-state index contributed by atoms with van der Waals surface area (Å²) < 4.78 is 0. The number of benzene rings is 1. The number of unbranched alkanes of at least 4 members (excludes halogenated alkanes) is 1. The molecule has 2 nitrogen and oxygen atoms in total. The maximum atomic E-state index is 3.28. The lowest BCUT2D eigenvalue weighted by Gasteiger charge is -2.21. The minimum absolute atomic E-state index is 0.638. The van der Waals surface area contributed by atoms with Crippen LogP contribution in [0.25, 0.3) is 0 Å². The van der Waals surface area contributed by atoms with E-state index in [4.69, 9.17) is 0 Å².